The summed E-state index contributed by atoms with van der Waals surface area (Å²) in [5, 5.41) is 15.8. The minimum Gasteiger partial charge on any atom is -0.452 e. The van der Waals surface area contributed by atoms with Gasteiger partial charge in [0.05, 0.1) is 0 Å². The van der Waals surface area contributed by atoms with Gasteiger partial charge in [0.2, 0.25) is 10.8 Å². The summed E-state index contributed by atoms with van der Waals surface area (Å²) in [5.74, 6) is 1.31. The fourth-order valence-electron chi connectivity index (χ4n) is 2.97. The van der Waals surface area contributed by atoms with Crippen LogP contribution in [-0.4, -0.2) is 19.8 Å². The lowest BCUT2D eigenvalue weighted by Crippen LogP contribution is -1.90. The summed E-state index contributed by atoms with van der Waals surface area (Å²) < 4.78 is 7.74. The molecule has 7 heteroatoms. The minimum atomic E-state index is 0.612. The molecule has 0 amide bonds. The van der Waals surface area contributed by atoms with Crippen LogP contribution in [0.25, 0.3) is 39.7 Å². The highest BCUT2D eigenvalue weighted by Crippen LogP contribution is 2.32. The zero-order valence-corrected chi connectivity index (χ0v) is 15.8. The van der Waals surface area contributed by atoms with Crippen LogP contribution in [0.1, 0.15) is 16.1 Å². The molecule has 0 aliphatic heterocycles. The van der Waals surface area contributed by atoms with Crippen LogP contribution in [0, 0.1) is 6.92 Å². The standard InChI is InChI=1S/C20H13ClN4OS/c1-12-15-4-2-3-5-16(15)26-18(12)19-22-23-20-25(19)24-17(27-20)11-8-13-6-9-14(21)10-7-13/h2-11H,1H3/b11-8+. The van der Waals surface area contributed by atoms with Crippen LogP contribution in [0.4, 0.5) is 0 Å². The van der Waals surface area contributed by atoms with Crippen molar-refractivity contribution >= 4 is 51.0 Å². The van der Waals surface area contributed by atoms with Crippen molar-refractivity contribution in [2.45, 2.75) is 6.92 Å². The molecule has 0 N–H and O–H groups in total. The quantitative estimate of drug-likeness (QED) is 0.393. The molecule has 0 unspecified atom stereocenters. The van der Waals surface area contributed by atoms with Crippen LogP contribution < -0.4 is 0 Å². The minimum absolute atomic E-state index is 0.612. The Labute approximate surface area is 163 Å². The lowest BCUT2D eigenvalue weighted by molar-refractivity contribution is 0.619. The molecule has 0 aliphatic carbocycles. The van der Waals surface area contributed by atoms with E-state index >= 15 is 0 Å². The molecule has 3 aromatic heterocycles. The lowest BCUT2D eigenvalue weighted by Gasteiger charge is -1.93. The SMILES string of the molecule is Cc1c(-c2nnc3sc(/C=C/c4ccc(Cl)cc4)nn23)oc2ccccc12. The normalized spacial score (nSPS) is 11.9. The highest BCUT2D eigenvalue weighted by atomic mass is 35.5. The predicted molar refractivity (Wildman–Crippen MR) is 109 cm³/mol. The third kappa shape index (κ3) is 2.83. The van der Waals surface area contributed by atoms with Gasteiger partial charge in [0.1, 0.15) is 10.6 Å². The second-order valence-corrected chi connectivity index (χ2v) is 7.52. The van der Waals surface area contributed by atoms with Crippen molar-refractivity contribution in [2.75, 3.05) is 0 Å². The molecule has 2 aromatic carbocycles. The highest BCUT2D eigenvalue weighted by Gasteiger charge is 2.19. The van der Waals surface area contributed by atoms with E-state index in [1.165, 1.54) is 11.3 Å². The van der Waals surface area contributed by atoms with Gasteiger partial charge < -0.3 is 4.42 Å². The van der Waals surface area contributed by atoms with Crippen molar-refractivity contribution in [3.63, 3.8) is 0 Å². The van der Waals surface area contributed by atoms with E-state index in [0.29, 0.717) is 11.6 Å². The molecule has 5 aromatic rings. The Hall–Kier alpha value is -2.96. The second kappa shape index (κ2) is 6.33. The number of fused-ring (bicyclic) bond motifs is 2. The Morgan fingerprint density at radius 3 is 2.67 bits per heavy atom. The van der Waals surface area contributed by atoms with Crippen molar-refractivity contribution in [3.05, 3.63) is 69.7 Å². The molecule has 0 radical (unpaired) electrons. The van der Waals surface area contributed by atoms with E-state index in [2.05, 4.69) is 15.3 Å². The maximum absolute atomic E-state index is 6.01. The summed E-state index contributed by atoms with van der Waals surface area (Å²) in [6, 6.07) is 15.6. The van der Waals surface area contributed by atoms with Crippen molar-refractivity contribution in [1.29, 1.82) is 0 Å². The first kappa shape index (κ1) is 16.2. The van der Waals surface area contributed by atoms with Crippen molar-refractivity contribution < 1.29 is 4.42 Å². The molecule has 132 valence electrons. The van der Waals surface area contributed by atoms with Gasteiger partial charge in [0.15, 0.2) is 5.76 Å². The van der Waals surface area contributed by atoms with Crippen molar-refractivity contribution in [1.82, 2.24) is 19.8 Å². The van der Waals surface area contributed by atoms with Gasteiger partial charge in [-0.3, -0.25) is 0 Å². The summed E-state index contributed by atoms with van der Waals surface area (Å²) in [4.78, 5) is 0.723. The second-order valence-electron chi connectivity index (χ2n) is 6.10. The van der Waals surface area contributed by atoms with E-state index in [0.717, 1.165) is 37.1 Å². The molecular formula is C20H13ClN4OS. The van der Waals surface area contributed by atoms with Crippen LogP contribution in [0.3, 0.4) is 0 Å². The molecule has 0 atom stereocenters. The summed E-state index contributed by atoms with van der Waals surface area (Å²) >= 11 is 7.40. The van der Waals surface area contributed by atoms with Gasteiger partial charge in [-0.25, -0.2) is 0 Å². The van der Waals surface area contributed by atoms with Crippen molar-refractivity contribution in [3.8, 4) is 11.6 Å². The van der Waals surface area contributed by atoms with Gasteiger partial charge in [-0.05, 0) is 36.8 Å². The first-order chi connectivity index (χ1) is 13.2. The smallest absolute Gasteiger partial charge is 0.235 e. The molecule has 0 fully saturated rings. The average molecular weight is 393 g/mol. The van der Waals surface area contributed by atoms with Gasteiger partial charge in [0, 0.05) is 16.0 Å². The summed E-state index contributed by atoms with van der Waals surface area (Å²) in [6.45, 7) is 2.02. The van der Waals surface area contributed by atoms with E-state index in [1.54, 1.807) is 4.52 Å². The number of hydrogen-bond acceptors (Lipinski definition) is 5. The predicted octanol–water partition coefficient (Wildman–Crippen LogP) is 5.73. The Balaban J connectivity index is 1.55. The third-order valence-corrected chi connectivity index (χ3v) is 5.46. The van der Waals surface area contributed by atoms with Gasteiger partial charge in [-0.15, -0.1) is 10.2 Å². The number of halogens is 1. The van der Waals surface area contributed by atoms with Crippen LogP contribution >= 0.6 is 22.9 Å². The highest BCUT2D eigenvalue weighted by molar-refractivity contribution is 7.17. The fourth-order valence-corrected chi connectivity index (χ4v) is 3.84. The Kier molecular flexibility index (Phi) is 3.81. The Bertz CT molecular complexity index is 1300. The van der Waals surface area contributed by atoms with E-state index in [4.69, 9.17) is 16.0 Å². The van der Waals surface area contributed by atoms with E-state index in [-0.39, 0.29) is 0 Å². The number of aromatic nitrogens is 4. The van der Waals surface area contributed by atoms with Crippen LogP contribution in [0.5, 0.6) is 0 Å². The number of rotatable bonds is 3. The number of hydrogen-bond donors (Lipinski definition) is 0. The van der Waals surface area contributed by atoms with Gasteiger partial charge in [-0.2, -0.15) is 9.61 Å². The number of furan rings is 1. The van der Waals surface area contributed by atoms with E-state index in [1.807, 2.05) is 67.6 Å². The molecule has 0 saturated heterocycles. The van der Waals surface area contributed by atoms with Crippen LogP contribution in [0.15, 0.2) is 52.9 Å². The number of nitrogens with zero attached hydrogens (tertiary/aromatic N) is 4. The molecule has 27 heavy (non-hydrogen) atoms. The Morgan fingerprint density at radius 2 is 1.85 bits per heavy atom. The zero-order chi connectivity index (χ0) is 18.4. The molecule has 0 spiro atoms. The largest absolute Gasteiger partial charge is 0.452 e. The molecule has 3 heterocycles. The van der Waals surface area contributed by atoms with Gasteiger partial charge in [-0.1, -0.05) is 59.3 Å². The monoisotopic (exact) mass is 392 g/mol. The summed E-state index contributed by atoms with van der Waals surface area (Å²) in [6.07, 6.45) is 3.95. The Morgan fingerprint density at radius 1 is 1.04 bits per heavy atom. The molecular weight excluding hydrogens is 380 g/mol. The topological polar surface area (TPSA) is 56.2 Å². The average Bonchev–Trinajstić information content (AvgIpc) is 3.34. The van der Waals surface area contributed by atoms with E-state index < -0.39 is 0 Å². The molecule has 5 rings (SSSR count). The first-order valence-electron chi connectivity index (χ1n) is 8.33. The van der Waals surface area contributed by atoms with Gasteiger partial charge in [0.25, 0.3) is 0 Å². The molecule has 0 bridgehead atoms. The maximum Gasteiger partial charge on any atom is 0.235 e. The number of benzene rings is 2. The van der Waals surface area contributed by atoms with E-state index in [9.17, 15) is 0 Å². The maximum atomic E-state index is 6.01. The molecule has 5 nitrogen and oxygen atoms in total. The number of para-hydroxylation sites is 1. The van der Waals surface area contributed by atoms with Crippen LogP contribution in [-0.2, 0) is 0 Å². The zero-order valence-electron chi connectivity index (χ0n) is 14.3. The molecule has 0 saturated carbocycles. The molecule has 0 aliphatic rings. The number of aryl methyl sites for hydroxylation is 1. The van der Waals surface area contributed by atoms with Crippen molar-refractivity contribution in [2.24, 2.45) is 0 Å². The summed E-state index contributed by atoms with van der Waals surface area (Å²) in [5.41, 5.74) is 2.92. The van der Waals surface area contributed by atoms with Gasteiger partial charge >= 0.3 is 0 Å². The first-order valence-corrected chi connectivity index (χ1v) is 9.53. The fraction of sp³-hybridized carbons (Fsp3) is 0.0500. The lowest BCUT2D eigenvalue weighted by atomic mass is 10.1. The third-order valence-electron chi connectivity index (χ3n) is 4.34. The van der Waals surface area contributed by atoms with Crippen LogP contribution in [0.2, 0.25) is 5.02 Å². The summed E-state index contributed by atoms with van der Waals surface area (Å²) in [7, 11) is 0.